The largest absolute Gasteiger partial charge is 0.610 e. The van der Waals surface area contributed by atoms with E-state index in [4.69, 9.17) is 0 Å². The van der Waals surface area contributed by atoms with Crippen LogP contribution < -0.4 is 5.32 Å². The molecule has 3 aromatic rings. The number of amides is 1. The molecule has 1 amide bonds. The first kappa shape index (κ1) is 18.7. The number of fused-ring (bicyclic) bond motifs is 1. The molecule has 1 unspecified atom stereocenters. The number of carbonyl (C=O) groups is 2. The molecule has 0 aliphatic heterocycles. The highest BCUT2D eigenvalue weighted by atomic mass is 32.3. The molecule has 1 atom stereocenters. The van der Waals surface area contributed by atoms with E-state index in [1.165, 1.54) is 25.4 Å². The van der Waals surface area contributed by atoms with Crippen LogP contribution in [0.4, 0.5) is 0 Å². The predicted octanol–water partition coefficient (Wildman–Crippen LogP) is 0.918. The van der Waals surface area contributed by atoms with E-state index in [-0.39, 0.29) is 17.0 Å². The van der Waals surface area contributed by atoms with Gasteiger partial charge in [0.05, 0.1) is 22.9 Å². The monoisotopic (exact) mass is 388 g/mol. The van der Waals surface area contributed by atoms with Crippen molar-refractivity contribution in [2.45, 2.75) is 4.90 Å². The van der Waals surface area contributed by atoms with Crippen molar-refractivity contribution < 1.29 is 23.1 Å². The molecule has 9 nitrogen and oxygen atoms in total. The number of carbonyl (C=O) groups excluding carboxylic acids is 2. The van der Waals surface area contributed by atoms with Crippen molar-refractivity contribution in [1.29, 1.82) is 0 Å². The summed E-state index contributed by atoms with van der Waals surface area (Å²) in [6, 6.07) is 9.45. The predicted molar refractivity (Wildman–Crippen MR) is 95.8 cm³/mol. The Labute approximate surface area is 155 Å². The lowest BCUT2D eigenvalue weighted by Crippen LogP contribution is -2.30. The normalized spacial score (nSPS) is 13.1. The molecular weight excluding hydrogens is 372 g/mol. The Bertz CT molecular complexity index is 1070. The summed E-state index contributed by atoms with van der Waals surface area (Å²) in [7, 11) is -2.14. The van der Waals surface area contributed by atoms with Gasteiger partial charge in [-0.1, -0.05) is 12.1 Å². The fourth-order valence-electron chi connectivity index (χ4n) is 2.41. The van der Waals surface area contributed by atoms with Crippen molar-refractivity contribution in [2.75, 3.05) is 19.9 Å². The Morgan fingerprint density at radius 1 is 1.26 bits per heavy atom. The van der Waals surface area contributed by atoms with E-state index in [1.807, 2.05) is 0 Å². The quantitative estimate of drug-likeness (QED) is 0.509. The summed E-state index contributed by atoms with van der Waals surface area (Å²) < 4.78 is 29.6. The molecule has 0 spiro atoms. The summed E-state index contributed by atoms with van der Waals surface area (Å²) in [6.07, 6.45) is 2.64. The second-order valence-electron chi connectivity index (χ2n) is 5.73. The zero-order valence-corrected chi connectivity index (χ0v) is 15.4. The third-order valence-corrected chi connectivity index (χ3v) is 4.92. The van der Waals surface area contributed by atoms with Crippen LogP contribution in [-0.4, -0.2) is 50.9 Å². The topological polar surface area (TPSA) is 126 Å². The summed E-state index contributed by atoms with van der Waals surface area (Å²) in [5.41, 5.74) is 1.31. The molecule has 27 heavy (non-hydrogen) atoms. The van der Waals surface area contributed by atoms with Gasteiger partial charge in [-0.2, -0.15) is 0 Å². The first-order valence-electron chi connectivity index (χ1n) is 7.80. The number of nitrogens with zero attached hydrogens (tertiary/aromatic N) is 3. The van der Waals surface area contributed by atoms with Crippen LogP contribution in [-0.2, 0) is 24.0 Å². The molecule has 0 aliphatic carbocycles. The van der Waals surface area contributed by atoms with Crippen LogP contribution in [0.25, 0.3) is 17.0 Å². The number of esters is 1. The van der Waals surface area contributed by atoms with Gasteiger partial charge in [-0.05, 0) is 18.2 Å². The number of benzene rings is 1. The lowest BCUT2D eigenvalue weighted by Gasteiger charge is -2.09. The lowest BCUT2D eigenvalue weighted by molar-refractivity contribution is -0.139. The molecule has 0 saturated heterocycles. The molecule has 1 aromatic carbocycles. The van der Waals surface area contributed by atoms with Crippen molar-refractivity contribution in [3.8, 4) is 11.4 Å². The maximum absolute atomic E-state index is 12.2. The Kier molecular flexibility index (Phi) is 5.02. The third kappa shape index (κ3) is 4.01. The number of hydrogen-bond acceptors (Lipinski definition) is 7. The van der Waals surface area contributed by atoms with Gasteiger partial charge in [0, 0.05) is 17.8 Å². The molecule has 0 aliphatic rings. The highest BCUT2D eigenvalue weighted by molar-refractivity contribution is 7.97. The number of rotatable bonds is 5. The minimum atomic E-state index is -3.37. The molecule has 1 N–H and O–H groups in total. The highest BCUT2D eigenvalue weighted by Gasteiger charge is 2.17. The van der Waals surface area contributed by atoms with Gasteiger partial charge < -0.3 is 14.6 Å². The Morgan fingerprint density at radius 3 is 2.74 bits per heavy atom. The maximum atomic E-state index is 12.2. The van der Waals surface area contributed by atoms with Crippen LogP contribution in [0.2, 0.25) is 0 Å². The fraction of sp³-hybridized carbons (Fsp3) is 0.176. The smallest absolute Gasteiger partial charge is 0.325 e. The van der Waals surface area contributed by atoms with Crippen LogP contribution in [0.5, 0.6) is 0 Å². The molecule has 3 rings (SSSR count). The van der Waals surface area contributed by atoms with Crippen LogP contribution in [0.15, 0.2) is 47.5 Å². The van der Waals surface area contributed by atoms with E-state index in [0.717, 1.165) is 6.26 Å². The molecule has 140 valence electrons. The van der Waals surface area contributed by atoms with E-state index < -0.39 is 22.1 Å². The number of methoxy groups -OCH3 is 1. The van der Waals surface area contributed by atoms with Gasteiger partial charge in [0.2, 0.25) is 0 Å². The molecular formula is C17H16N4O5S. The maximum Gasteiger partial charge on any atom is 0.325 e. The van der Waals surface area contributed by atoms with Gasteiger partial charge in [0.25, 0.3) is 5.91 Å². The number of ether oxygens (including phenoxy) is 1. The van der Waals surface area contributed by atoms with E-state index in [9.17, 15) is 18.4 Å². The van der Waals surface area contributed by atoms with E-state index >= 15 is 0 Å². The standard InChI is InChI=1S/C17H16N4O5S/c1-26-15(22)9-18-17(23)12-6-7-14-19-20-16(21(14)10-12)11-4-3-5-13(8-11)27(2,24)25/h3-8,10H,9H2,1-2H3,(H-,18,23,24,25). The number of pyridine rings is 1. The average molecular weight is 388 g/mol. The van der Waals surface area contributed by atoms with Crippen LogP contribution >= 0.6 is 0 Å². The molecule has 2 aromatic heterocycles. The van der Waals surface area contributed by atoms with Gasteiger partial charge in [-0.25, -0.2) is 0 Å². The van der Waals surface area contributed by atoms with Crippen LogP contribution in [0.1, 0.15) is 10.4 Å². The summed E-state index contributed by atoms with van der Waals surface area (Å²) in [5.74, 6) is -0.642. The molecule has 0 saturated carbocycles. The summed E-state index contributed by atoms with van der Waals surface area (Å²) in [5, 5.41) is 10.6. The second-order valence-corrected chi connectivity index (χ2v) is 7.74. The zero-order chi connectivity index (χ0) is 19.6. The van der Waals surface area contributed by atoms with Crippen molar-refractivity contribution in [1.82, 2.24) is 19.9 Å². The minimum absolute atomic E-state index is 0.156. The number of hydrogen-bond donors (Lipinski definition) is 1. The SMILES string of the molecule is COC(=O)CNC(=O)c1ccc2nnc(-c3cccc([S+](C)(=O)[O-])c3)n2c1. The zero-order valence-electron chi connectivity index (χ0n) is 14.5. The first-order valence-corrected chi connectivity index (χ1v) is 9.69. The van der Waals surface area contributed by atoms with Crippen LogP contribution in [0, 0.1) is 0 Å². The van der Waals surface area contributed by atoms with E-state index in [0.29, 0.717) is 17.0 Å². The second kappa shape index (κ2) is 7.25. The van der Waals surface area contributed by atoms with Gasteiger partial charge in [0.1, 0.15) is 12.8 Å². The minimum Gasteiger partial charge on any atom is -0.610 e. The van der Waals surface area contributed by atoms with Crippen molar-refractivity contribution >= 4 is 27.7 Å². The lowest BCUT2D eigenvalue weighted by atomic mass is 10.2. The molecule has 0 bridgehead atoms. The Morgan fingerprint density at radius 2 is 2.04 bits per heavy atom. The van der Waals surface area contributed by atoms with Crippen molar-refractivity contribution in [3.05, 3.63) is 48.2 Å². The van der Waals surface area contributed by atoms with Gasteiger partial charge in [-0.3, -0.25) is 14.0 Å². The van der Waals surface area contributed by atoms with Gasteiger partial charge in [0.15, 0.2) is 16.4 Å². The average Bonchev–Trinajstić information content (AvgIpc) is 3.08. The molecule has 2 heterocycles. The highest BCUT2D eigenvalue weighted by Crippen LogP contribution is 2.23. The fourth-order valence-corrected chi connectivity index (χ4v) is 3.08. The van der Waals surface area contributed by atoms with Crippen molar-refractivity contribution in [2.24, 2.45) is 0 Å². The Balaban J connectivity index is 1.98. The molecule has 0 fully saturated rings. The number of aromatic nitrogens is 3. The van der Waals surface area contributed by atoms with E-state index in [1.54, 1.807) is 28.7 Å². The summed E-state index contributed by atoms with van der Waals surface area (Å²) in [4.78, 5) is 23.5. The van der Waals surface area contributed by atoms with Gasteiger partial charge in [-0.15, -0.1) is 14.4 Å². The third-order valence-electron chi connectivity index (χ3n) is 3.81. The summed E-state index contributed by atoms with van der Waals surface area (Å²) in [6.45, 7) is -0.251. The van der Waals surface area contributed by atoms with Crippen LogP contribution in [0.3, 0.4) is 0 Å². The molecule has 0 radical (unpaired) electrons. The molecule has 10 heteroatoms. The van der Waals surface area contributed by atoms with Gasteiger partial charge >= 0.3 is 5.97 Å². The number of nitrogens with one attached hydrogen (secondary N) is 1. The van der Waals surface area contributed by atoms with Crippen molar-refractivity contribution in [3.63, 3.8) is 0 Å². The number of sulfone groups is 1. The summed E-state index contributed by atoms with van der Waals surface area (Å²) >= 11 is 0. The first-order chi connectivity index (χ1) is 12.8. The van der Waals surface area contributed by atoms with E-state index in [2.05, 4.69) is 20.3 Å². The Hall–Kier alpha value is -3.11.